The number of likely N-dealkylation sites (tertiary alicyclic amines) is 1. The summed E-state index contributed by atoms with van der Waals surface area (Å²) in [6.07, 6.45) is 3.83. The van der Waals surface area contributed by atoms with E-state index in [9.17, 15) is 9.59 Å². The maximum atomic E-state index is 12.2. The van der Waals surface area contributed by atoms with Gasteiger partial charge in [0.25, 0.3) is 0 Å². The van der Waals surface area contributed by atoms with E-state index in [2.05, 4.69) is 13.8 Å². The van der Waals surface area contributed by atoms with Gasteiger partial charge < -0.3 is 10.0 Å². The Labute approximate surface area is 113 Å². The Hall–Kier alpha value is -0.710. The third-order valence-corrected chi connectivity index (χ3v) is 4.89. The molecule has 1 aliphatic rings. The summed E-state index contributed by atoms with van der Waals surface area (Å²) in [6, 6.07) is 0.568. The lowest BCUT2D eigenvalue weighted by molar-refractivity contribution is -0.136. The molecule has 0 aromatic heterocycles. The minimum absolute atomic E-state index is 0.0828. The quantitative estimate of drug-likeness (QED) is 0.835. The van der Waals surface area contributed by atoms with Crippen LogP contribution in [-0.2, 0) is 9.59 Å². The smallest absolute Gasteiger partial charge is 0.316 e. The number of hydrogen-bond donors (Lipinski definition) is 1. The van der Waals surface area contributed by atoms with Crippen molar-refractivity contribution < 1.29 is 14.7 Å². The van der Waals surface area contributed by atoms with Gasteiger partial charge in [-0.25, -0.2) is 0 Å². The third-order valence-electron chi connectivity index (χ3n) is 3.54. The predicted octanol–water partition coefficient (Wildman–Crippen LogP) is 2.37. The van der Waals surface area contributed by atoms with Crippen molar-refractivity contribution in [3.05, 3.63) is 0 Å². The predicted molar refractivity (Wildman–Crippen MR) is 73.8 cm³/mol. The summed E-state index contributed by atoms with van der Waals surface area (Å²) in [5.74, 6) is -0.464. The lowest BCUT2D eigenvalue weighted by Gasteiger charge is -2.39. The van der Waals surface area contributed by atoms with Crippen molar-refractivity contribution in [3.63, 3.8) is 0 Å². The molecule has 0 bridgehead atoms. The average Bonchev–Trinajstić information content (AvgIpc) is 2.29. The summed E-state index contributed by atoms with van der Waals surface area (Å²) in [4.78, 5) is 25.0. The van der Waals surface area contributed by atoms with E-state index in [1.165, 1.54) is 18.2 Å². The van der Waals surface area contributed by atoms with Crippen LogP contribution in [0.15, 0.2) is 0 Å². The molecule has 3 unspecified atom stereocenters. The van der Waals surface area contributed by atoms with E-state index in [1.807, 2.05) is 11.8 Å². The molecule has 0 radical (unpaired) electrons. The number of hydrogen-bond acceptors (Lipinski definition) is 3. The lowest BCUT2D eigenvalue weighted by Crippen LogP contribution is -2.48. The Morgan fingerprint density at radius 1 is 1.33 bits per heavy atom. The summed E-state index contributed by atoms with van der Waals surface area (Å²) >= 11 is 1.24. The van der Waals surface area contributed by atoms with Gasteiger partial charge in [0.1, 0.15) is 5.25 Å². The van der Waals surface area contributed by atoms with Crippen LogP contribution in [0, 0.1) is 0 Å². The first-order chi connectivity index (χ1) is 8.47. The van der Waals surface area contributed by atoms with E-state index in [1.54, 1.807) is 0 Å². The van der Waals surface area contributed by atoms with Gasteiger partial charge >= 0.3 is 5.97 Å². The molecule has 0 spiro atoms. The van der Waals surface area contributed by atoms with E-state index in [-0.39, 0.29) is 23.7 Å². The van der Waals surface area contributed by atoms with Crippen LogP contribution in [0.1, 0.15) is 46.5 Å². The van der Waals surface area contributed by atoms with Crippen LogP contribution >= 0.6 is 11.8 Å². The zero-order chi connectivity index (χ0) is 13.7. The molecule has 0 aliphatic carbocycles. The number of rotatable bonds is 5. The van der Waals surface area contributed by atoms with E-state index in [0.29, 0.717) is 6.42 Å². The molecule has 0 saturated carbocycles. The Morgan fingerprint density at radius 3 is 2.33 bits per heavy atom. The van der Waals surface area contributed by atoms with Crippen LogP contribution in [0.25, 0.3) is 0 Å². The highest BCUT2D eigenvalue weighted by molar-refractivity contribution is 8.01. The summed E-state index contributed by atoms with van der Waals surface area (Å²) in [6.45, 7) is 5.99. The van der Waals surface area contributed by atoms with Gasteiger partial charge in [0.2, 0.25) is 5.91 Å². The van der Waals surface area contributed by atoms with Crippen molar-refractivity contribution in [2.75, 3.05) is 5.75 Å². The van der Waals surface area contributed by atoms with E-state index < -0.39 is 11.2 Å². The van der Waals surface area contributed by atoms with Gasteiger partial charge in [0, 0.05) is 12.1 Å². The normalized spacial score (nSPS) is 25.8. The second-order valence-electron chi connectivity index (χ2n) is 4.98. The lowest BCUT2D eigenvalue weighted by atomic mass is 9.98. The standard InChI is InChI=1S/C13H23NO3S/c1-4-11(13(16)17)18-8-12(15)14-9(2)6-5-7-10(14)3/h9-11H,4-8H2,1-3H3,(H,16,17). The van der Waals surface area contributed by atoms with Crippen molar-refractivity contribution in [2.24, 2.45) is 0 Å². The molecule has 1 heterocycles. The second-order valence-corrected chi connectivity index (χ2v) is 6.17. The fourth-order valence-corrected chi connectivity index (χ4v) is 3.39. The largest absolute Gasteiger partial charge is 0.480 e. The maximum absolute atomic E-state index is 12.2. The minimum atomic E-state index is -0.824. The van der Waals surface area contributed by atoms with E-state index >= 15 is 0 Å². The number of piperidine rings is 1. The highest BCUT2D eigenvalue weighted by Crippen LogP contribution is 2.24. The number of aliphatic carboxylic acids is 1. The fourth-order valence-electron chi connectivity index (χ4n) is 2.52. The molecule has 0 aromatic rings. The molecular weight excluding hydrogens is 250 g/mol. The first-order valence-electron chi connectivity index (χ1n) is 6.63. The molecule has 1 fully saturated rings. The molecule has 5 heteroatoms. The van der Waals surface area contributed by atoms with Gasteiger partial charge in [-0.3, -0.25) is 9.59 Å². The van der Waals surface area contributed by atoms with Crippen molar-refractivity contribution in [1.29, 1.82) is 0 Å². The SMILES string of the molecule is CCC(SCC(=O)N1C(C)CCCC1C)C(=O)O. The molecule has 0 aromatic carbocycles. The van der Waals surface area contributed by atoms with Crippen molar-refractivity contribution >= 4 is 23.6 Å². The molecule has 1 N–H and O–H groups in total. The maximum Gasteiger partial charge on any atom is 0.316 e. The summed E-state index contributed by atoms with van der Waals surface area (Å²) in [7, 11) is 0. The molecule has 3 atom stereocenters. The van der Waals surface area contributed by atoms with Crippen LogP contribution < -0.4 is 0 Å². The second kappa shape index (κ2) is 7.02. The van der Waals surface area contributed by atoms with Crippen LogP contribution in [-0.4, -0.2) is 45.0 Å². The number of carboxylic acids is 1. The number of carbonyl (C=O) groups is 2. The van der Waals surface area contributed by atoms with Crippen molar-refractivity contribution in [3.8, 4) is 0 Å². The fraction of sp³-hybridized carbons (Fsp3) is 0.846. The van der Waals surface area contributed by atoms with E-state index in [4.69, 9.17) is 5.11 Å². The van der Waals surface area contributed by atoms with Gasteiger partial charge in [-0.15, -0.1) is 11.8 Å². The average molecular weight is 273 g/mol. The van der Waals surface area contributed by atoms with Gasteiger partial charge in [-0.05, 0) is 39.5 Å². The zero-order valence-electron chi connectivity index (χ0n) is 11.4. The number of nitrogens with zero attached hydrogens (tertiary/aromatic N) is 1. The number of amides is 1. The molecule has 1 saturated heterocycles. The topological polar surface area (TPSA) is 57.6 Å². The molecule has 1 rings (SSSR count). The first kappa shape index (κ1) is 15.3. The Bertz CT molecular complexity index is 299. The van der Waals surface area contributed by atoms with Crippen LogP contribution in [0.5, 0.6) is 0 Å². The van der Waals surface area contributed by atoms with Crippen LogP contribution in [0.4, 0.5) is 0 Å². The highest BCUT2D eigenvalue weighted by Gasteiger charge is 2.29. The Balaban J connectivity index is 2.51. The summed E-state index contributed by atoms with van der Waals surface area (Å²) < 4.78 is 0. The van der Waals surface area contributed by atoms with Gasteiger partial charge in [0.15, 0.2) is 0 Å². The molecule has 1 amide bonds. The molecule has 18 heavy (non-hydrogen) atoms. The Kier molecular flexibility index (Phi) is 5.99. The number of thioether (sulfide) groups is 1. The van der Waals surface area contributed by atoms with Gasteiger partial charge in [0.05, 0.1) is 5.75 Å². The Morgan fingerprint density at radius 2 is 1.89 bits per heavy atom. The minimum Gasteiger partial charge on any atom is -0.480 e. The van der Waals surface area contributed by atoms with E-state index in [0.717, 1.165) is 12.8 Å². The van der Waals surface area contributed by atoms with Gasteiger partial charge in [-0.2, -0.15) is 0 Å². The monoisotopic (exact) mass is 273 g/mol. The van der Waals surface area contributed by atoms with Crippen molar-refractivity contribution in [1.82, 2.24) is 4.90 Å². The number of carboxylic acid groups (broad SMARTS) is 1. The molecule has 104 valence electrons. The third kappa shape index (κ3) is 3.90. The van der Waals surface area contributed by atoms with Crippen LogP contribution in [0.3, 0.4) is 0 Å². The summed E-state index contributed by atoms with van der Waals surface area (Å²) in [5, 5.41) is 8.49. The molecule has 4 nitrogen and oxygen atoms in total. The molecule has 1 aliphatic heterocycles. The molecular formula is C13H23NO3S. The first-order valence-corrected chi connectivity index (χ1v) is 7.67. The summed E-state index contributed by atoms with van der Waals surface area (Å²) in [5.41, 5.74) is 0. The highest BCUT2D eigenvalue weighted by atomic mass is 32.2. The zero-order valence-corrected chi connectivity index (χ0v) is 12.2. The van der Waals surface area contributed by atoms with Gasteiger partial charge in [-0.1, -0.05) is 6.92 Å². The van der Waals surface area contributed by atoms with Crippen molar-refractivity contribution in [2.45, 2.75) is 63.8 Å². The van der Waals surface area contributed by atoms with Crippen LogP contribution in [0.2, 0.25) is 0 Å². The number of carbonyl (C=O) groups excluding carboxylic acids is 1.